The number of carbonyl (C=O) groups excluding carboxylic acids is 2. The third-order valence-electron chi connectivity index (χ3n) is 4.08. The summed E-state index contributed by atoms with van der Waals surface area (Å²) in [5.41, 5.74) is -0.869. The number of hydrogen-bond acceptors (Lipinski definition) is 6. The molecule has 30 heavy (non-hydrogen) atoms. The lowest BCUT2D eigenvalue weighted by Gasteiger charge is -2.13. The zero-order chi connectivity index (χ0) is 21.9. The van der Waals surface area contributed by atoms with Crippen LogP contribution in [0.25, 0.3) is 0 Å². The van der Waals surface area contributed by atoms with Gasteiger partial charge in [-0.3, -0.25) is 9.59 Å². The molecule has 0 aliphatic heterocycles. The highest BCUT2D eigenvalue weighted by Crippen LogP contribution is 2.35. The Kier molecular flexibility index (Phi) is 6.39. The number of halogens is 3. The van der Waals surface area contributed by atoms with Crippen LogP contribution in [-0.2, 0) is 6.18 Å². The predicted molar refractivity (Wildman–Crippen MR) is 108 cm³/mol. The molecule has 3 aromatic rings. The maximum Gasteiger partial charge on any atom is 0.434 e. The van der Waals surface area contributed by atoms with Crippen molar-refractivity contribution in [3.8, 4) is 6.07 Å². The number of hydrogen-bond donors (Lipinski definition) is 0. The van der Waals surface area contributed by atoms with Crippen LogP contribution in [-0.4, -0.2) is 22.3 Å². The van der Waals surface area contributed by atoms with Crippen molar-refractivity contribution in [3.63, 3.8) is 0 Å². The zero-order valence-corrected chi connectivity index (χ0v) is 17.1. The summed E-state index contributed by atoms with van der Waals surface area (Å²) in [4.78, 5) is 28.6. The van der Waals surface area contributed by atoms with E-state index in [-0.39, 0.29) is 27.0 Å². The van der Waals surface area contributed by atoms with E-state index in [0.29, 0.717) is 5.56 Å². The maximum atomic E-state index is 13.6. The summed E-state index contributed by atoms with van der Waals surface area (Å²) in [7, 11) is 0. The van der Waals surface area contributed by atoms with Crippen LogP contribution in [0.1, 0.15) is 42.4 Å². The fourth-order valence-electron chi connectivity index (χ4n) is 2.57. The first-order chi connectivity index (χ1) is 14.2. The molecule has 0 unspecified atom stereocenters. The number of alkyl halides is 3. The molecule has 0 N–H and O–H groups in total. The number of aryl methyl sites for hydroxylation is 1. The van der Waals surface area contributed by atoms with Crippen LogP contribution >= 0.6 is 23.1 Å². The van der Waals surface area contributed by atoms with Gasteiger partial charge in [0.2, 0.25) is 5.78 Å². The van der Waals surface area contributed by atoms with E-state index in [4.69, 9.17) is 0 Å². The molecule has 0 spiro atoms. The average molecular weight is 446 g/mol. The van der Waals surface area contributed by atoms with Crippen LogP contribution in [0.4, 0.5) is 13.2 Å². The quantitative estimate of drug-likeness (QED) is 0.367. The molecular weight excluding hydrogens is 433 g/mol. The number of benzene rings is 1. The average Bonchev–Trinajstić information content (AvgIpc) is 3.25. The molecule has 0 saturated heterocycles. The normalized spacial score (nSPS) is 11.2. The van der Waals surface area contributed by atoms with Crippen molar-refractivity contribution in [2.45, 2.75) is 18.1 Å². The molecule has 2 heterocycles. The molecule has 0 saturated carbocycles. The number of aromatic nitrogens is 1. The highest BCUT2D eigenvalue weighted by Gasteiger charge is 2.38. The highest BCUT2D eigenvalue weighted by molar-refractivity contribution is 8.00. The smallest absolute Gasteiger partial charge is 0.293 e. The fraction of sp³-hybridized carbons (Fsp3) is 0.143. The molecule has 0 fully saturated rings. The molecular formula is C21H13F3N2O2S2. The van der Waals surface area contributed by atoms with Gasteiger partial charge < -0.3 is 0 Å². The molecule has 4 nitrogen and oxygen atoms in total. The van der Waals surface area contributed by atoms with Crippen molar-refractivity contribution in [1.29, 1.82) is 5.26 Å². The van der Waals surface area contributed by atoms with Crippen LogP contribution in [0.3, 0.4) is 0 Å². The first kappa shape index (κ1) is 21.7. The summed E-state index contributed by atoms with van der Waals surface area (Å²) in [5, 5.41) is 10.7. The van der Waals surface area contributed by atoms with Crippen molar-refractivity contribution in [2.75, 3.05) is 5.75 Å². The van der Waals surface area contributed by atoms with Gasteiger partial charge in [-0.1, -0.05) is 47.7 Å². The van der Waals surface area contributed by atoms with E-state index in [9.17, 15) is 28.0 Å². The van der Waals surface area contributed by atoms with Crippen molar-refractivity contribution in [2.24, 2.45) is 0 Å². The van der Waals surface area contributed by atoms with Gasteiger partial charge in [-0.15, -0.1) is 11.3 Å². The third-order valence-corrected chi connectivity index (χ3v) is 5.94. The van der Waals surface area contributed by atoms with Gasteiger partial charge in [0, 0.05) is 5.56 Å². The van der Waals surface area contributed by atoms with Gasteiger partial charge in [-0.2, -0.15) is 18.4 Å². The zero-order valence-electron chi connectivity index (χ0n) is 15.5. The van der Waals surface area contributed by atoms with Gasteiger partial charge in [-0.25, -0.2) is 4.98 Å². The Morgan fingerprint density at radius 1 is 1.20 bits per heavy atom. The summed E-state index contributed by atoms with van der Waals surface area (Å²) in [6.07, 6.45) is -4.90. The third kappa shape index (κ3) is 4.78. The molecule has 9 heteroatoms. The molecule has 1 aromatic carbocycles. The second-order valence-electron chi connectivity index (χ2n) is 6.23. The standard InChI is InChI=1S/C21H13F3N2O2S2/c1-12-4-6-13(7-5-12)16(27)11-30-20-14(10-25)9-15(19(26-20)21(22,23)24)18(28)17-3-2-8-29-17/h2-9H,11H2,1H3. The molecule has 0 amide bonds. The van der Waals surface area contributed by atoms with Crippen LogP contribution in [0.2, 0.25) is 0 Å². The highest BCUT2D eigenvalue weighted by atomic mass is 32.2. The molecule has 0 aliphatic carbocycles. The van der Waals surface area contributed by atoms with E-state index < -0.39 is 23.2 Å². The summed E-state index contributed by atoms with van der Waals surface area (Å²) in [5.74, 6) is -1.35. The van der Waals surface area contributed by atoms with Crippen LogP contribution in [0.5, 0.6) is 0 Å². The SMILES string of the molecule is Cc1ccc(C(=O)CSc2nc(C(F)(F)F)c(C(=O)c3cccs3)cc2C#N)cc1. The Balaban J connectivity index is 1.95. The summed E-state index contributed by atoms with van der Waals surface area (Å²) in [6, 6.07) is 12.4. The first-order valence-electron chi connectivity index (χ1n) is 8.54. The Morgan fingerprint density at radius 3 is 2.47 bits per heavy atom. The summed E-state index contributed by atoms with van der Waals surface area (Å²) in [6.45, 7) is 1.86. The Morgan fingerprint density at radius 2 is 1.90 bits per heavy atom. The monoisotopic (exact) mass is 446 g/mol. The molecule has 0 aliphatic rings. The number of nitrogens with zero attached hydrogens (tertiary/aromatic N) is 2. The van der Waals surface area contributed by atoms with Gasteiger partial charge in [-0.05, 0) is 24.4 Å². The van der Waals surface area contributed by atoms with Crippen LogP contribution in [0, 0.1) is 18.3 Å². The van der Waals surface area contributed by atoms with Gasteiger partial charge in [0.25, 0.3) is 0 Å². The van der Waals surface area contributed by atoms with Gasteiger partial charge in [0.1, 0.15) is 11.1 Å². The number of Topliss-reactive ketones (excluding diaryl/α,β-unsaturated/α-hetero) is 1. The number of thioether (sulfide) groups is 1. The van der Waals surface area contributed by atoms with Crippen LogP contribution in [0.15, 0.2) is 52.9 Å². The second-order valence-corrected chi connectivity index (χ2v) is 8.14. The van der Waals surface area contributed by atoms with E-state index in [1.54, 1.807) is 41.8 Å². The van der Waals surface area contributed by atoms with E-state index >= 15 is 0 Å². The second kappa shape index (κ2) is 8.81. The van der Waals surface area contributed by atoms with E-state index in [2.05, 4.69) is 4.98 Å². The van der Waals surface area contributed by atoms with E-state index in [0.717, 1.165) is 34.7 Å². The number of carbonyl (C=O) groups is 2. The maximum absolute atomic E-state index is 13.6. The first-order valence-corrected chi connectivity index (χ1v) is 10.4. The number of nitriles is 1. The number of ketones is 2. The number of rotatable bonds is 6. The van der Waals surface area contributed by atoms with Crippen molar-refractivity contribution >= 4 is 34.7 Å². The molecule has 0 radical (unpaired) electrons. The largest absolute Gasteiger partial charge is 0.434 e. The summed E-state index contributed by atoms with van der Waals surface area (Å²) >= 11 is 1.73. The predicted octanol–water partition coefficient (Wildman–Crippen LogP) is 5.55. The molecule has 0 atom stereocenters. The van der Waals surface area contributed by atoms with Crippen LogP contribution < -0.4 is 0 Å². The lowest BCUT2D eigenvalue weighted by Crippen LogP contribution is -2.17. The summed E-state index contributed by atoms with van der Waals surface area (Å²) < 4.78 is 40.8. The van der Waals surface area contributed by atoms with E-state index in [1.165, 1.54) is 6.07 Å². The van der Waals surface area contributed by atoms with Gasteiger partial charge in [0.05, 0.1) is 21.8 Å². The topological polar surface area (TPSA) is 70.8 Å². The Labute approximate surface area is 178 Å². The molecule has 0 bridgehead atoms. The Hall–Kier alpha value is -2.96. The minimum Gasteiger partial charge on any atom is -0.293 e. The number of pyridine rings is 1. The minimum absolute atomic E-state index is 0.112. The lowest BCUT2D eigenvalue weighted by molar-refractivity contribution is -0.141. The fourth-order valence-corrected chi connectivity index (χ4v) is 4.10. The minimum atomic E-state index is -4.90. The Bertz CT molecular complexity index is 1130. The molecule has 2 aromatic heterocycles. The molecule has 152 valence electrons. The van der Waals surface area contributed by atoms with Crippen molar-refractivity contribution < 1.29 is 22.8 Å². The van der Waals surface area contributed by atoms with Crippen molar-refractivity contribution in [1.82, 2.24) is 4.98 Å². The van der Waals surface area contributed by atoms with Gasteiger partial charge in [0.15, 0.2) is 11.5 Å². The lowest BCUT2D eigenvalue weighted by atomic mass is 10.1. The molecule has 3 rings (SSSR count). The van der Waals surface area contributed by atoms with E-state index in [1.807, 2.05) is 6.92 Å². The number of thiophene rings is 1. The van der Waals surface area contributed by atoms with Crippen molar-refractivity contribution in [3.05, 3.63) is 80.7 Å². The van der Waals surface area contributed by atoms with Gasteiger partial charge >= 0.3 is 6.18 Å².